The highest BCUT2D eigenvalue weighted by Gasteiger charge is 2.25. The quantitative estimate of drug-likeness (QED) is 0.704. The number of halogens is 2. The molecule has 110 valence electrons. The molecule has 0 atom stereocenters. The summed E-state index contributed by atoms with van der Waals surface area (Å²) in [7, 11) is 0. The Balaban J connectivity index is 2.27. The Labute approximate surface area is 140 Å². The molecule has 1 aliphatic rings. The van der Waals surface area contributed by atoms with Crippen molar-refractivity contribution in [1.29, 1.82) is 0 Å². The molecule has 0 radical (unpaired) electrons. The Morgan fingerprint density at radius 3 is 2.43 bits per heavy atom. The maximum atomic E-state index is 11.5. The number of ether oxygens (including phenoxy) is 1. The van der Waals surface area contributed by atoms with Crippen LogP contribution < -0.4 is 10.1 Å². The van der Waals surface area contributed by atoms with Gasteiger partial charge in [0, 0.05) is 0 Å². The standard InChI is InChI=1S/C12H7Br2NO5S/c13-6-1-5(3-8-11(18)15-12(19)21-8)2-7(14)10(6)20-4-9(16)17/h1-3H,4H2,(H,16,17)(H,15,18,19)/b8-3-. The number of aliphatic carboxylic acids is 1. The summed E-state index contributed by atoms with van der Waals surface area (Å²) in [4.78, 5) is 33.4. The second kappa shape index (κ2) is 6.63. The van der Waals surface area contributed by atoms with Gasteiger partial charge in [0.15, 0.2) is 6.61 Å². The summed E-state index contributed by atoms with van der Waals surface area (Å²) in [5, 5.41) is 10.4. The van der Waals surface area contributed by atoms with E-state index in [2.05, 4.69) is 37.2 Å². The fourth-order valence-electron chi connectivity index (χ4n) is 1.51. The van der Waals surface area contributed by atoms with Gasteiger partial charge in [-0.15, -0.1) is 0 Å². The summed E-state index contributed by atoms with van der Waals surface area (Å²) < 4.78 is 6.19. The Kier molecular flexibility index (Phi) is 5.07. The first kappa shape index (κ1) is 16.1. The molecule has 0 aliphatic carbocycles. The number of imide groups is 1. The number of hydrogen-bond donors (Lipinski definition) is 2. The smallest absolute Gasteiger partial charge is 0.341 e. The van der Waals surface area contributed by atoms with Crippen LogP contribution in [0.4, 0.5) is 4.79 Å². The molecule has 1 aromatic carbocycles. The van der Waals surface area contributed by atoms with Gasteiger partial charge in [-0.05, 0) is 67.4 Å². The topological polar surface area (TPSA) is 92.7 Å². The van der Waals surface area contributed by atoms with Crippen molar-refractivity contribution in [2.45, 2.75) is 0 Å². The van der Waals surface area contributed by atoms with E-state index in [1.165, 1.54) is 0 Å². The molecule has 0 spiro atoms. The minimum absolute atomic E-state index is 0.290. The lowest BCUT2D eigenvalue weighted by molar-refractivity contribution is -0.139. The number of carboxylic acid groups (broad SMARTS) is 1. The van der Waals surface area contributed by atoms with Crippen LogP contribution in [-0.4, -0.2) is 28.8 Å². The molecule has 9 heteroatoms. The third kappa shape index (κ3) is 4.08. The number of rotatable bonds is 4. The first-order valence-corrected chi connectivity index (χ1v) is 7.85. The highest BCUT2D eigenvalue weighted by molar-refractivity contribution is 9.11. The maximum absolute atomic E-state index is 11.5. The number of thioether (sulfide) groups is 1. The molecular formula is C12H7Br2NO5S. The molecule has 6 nitrogen and oxygen atoms in total. The zero-order chi connectivity index (χ0) is 15.6. The van der Waals surface area contributed by atoms with Crippen LogP contribution in [0.3, 0.4) is 0 Å². The third-order valence-corrected chi connectivity index (χ3v) is 4.29. The first-order valence-electron chi connectivity index (χ1n) is 5.45. The van der Waals surface area contributed by atoms with Crippen LogP contribution in [0.25, 0.3) is 6.08 Å². The molecule has 0 aromatic heterocycles. The summed E-state index contributed by atoms with van der Waals surface area (Å²) in [6.07, 6.45) is 1.56. The molecule has 2 N–H and O–H groups in total. The van der Waals surface area contributed by atoms with Gasteiger partial charge in [0.2, 0.25) is 0 Å². The van der Waals surface area contributed by atoms with E-state index in [9.17, 15) is 14.4 Å². The van der Waals surface area contributed by atoms with E-state index >= 15 is 0 Å². The molecular weight excluding hydrogens is 430 g/mol. The molecule has 1 saturated heterocycles. The van der Waals surface area contributed by atoms with Gasteiger partial charge in [-0.25, -0.2) is 4.79 Å². The van der Waals surface area contributed by atoms with Gasteiger partial charge in [-0.2, -0.15) is 0 Å². The van der Waals surface area contributed by atoms with Crippen LogP contribution in [0.1, 0.15) is 5.56 Å². The third-order valence-electron chi connectivity index (χ3n) is 2.30. The number of amides is 2. The molecule has 1 aromatic rings. The van der Waals surface area contributed by atoms with Crippen molar-refractivity contribution in [3.05, 3.63) is 31.5 Å². The second-order valence-corrected chi connectivity index (χ2v) is 6.57. The van der Waals surface area contributed by atoms with Crippen LogP contribution in [0, 0.1) is 0 Å². The lowest BCUT2D eigenvalue weighted by atomic mass is 10.2. The Morgan fingerprint density at radius 1 is 1.33 bits per heavy atom. The van der Waals surface area contributed by atoms with E-state index in [0.717, 1.165) is 11.8 Å². The predicted molar refractivity (Wildman–Crippen MR) is 84.1 cm³/mol. The monoisotopic (exact) mass is 435 g/mol. The van der Waals surface area contributed by atoms with Crippen molar-refractivity contribution in [1.82, 2.24) is 5.32 Å². The lowest BCUT2D eigenvalue weighted by Gasteiger charge is -2.09. The van der Waals surface area contributed by atoms with Crippen molar-refractivity contribution >= 4 is 66.8 Å². The van der Waals surface area contributed by atoms with Crippen LogP contribution in [0.5, 0.6) is 5.75 Å². The molecule has 0 unspecified atom stereocenters. The molecule has 2 rings (SSSR count). The fraction of sp³-hybridized carbons (Fsp3) is 0.0833. The summed E-state index contributed by atoms with van der Waals surface area (Å²) in [6.45, 7) is -0.468. The largest absolute Gasteiger partial charge is 0.480 e. The van der Waals surface area contributed by atoms with E-state index in [-0.39, 0.29) is 4.91 Å². The predicted octanol–water partition coefficient (Wildman–Crippen LogP) is 3.00. The van der Waals surface area contributed by atoms with Gasteiger partial charge >= 0.3 is 5.97 Å². The van der Waals surface area contributed by atoms with E-state index in [4.69, 9.17) is 9.84 Å². The average Bonchev–Trinajstić information content (AvgIpc) is 2.66. The number of carbonyl (C=O) groups is 3. The molecule has 2 amide bonds. The van der Waals surface area contributed by atoms with Crippen LogP contribution >= 0.6 is 43.6 Å². The molecule has 1 fully saturated rings. The number of benzene rings is 1. The molecule has 21 heavy (non-hydrogen) atoms. The zero-order valence-corrected chi connectivity index (χ0v) is 14.2. The molecule has 1 aliphatic heterocycles. The SMILES string of the molecule is O=C(O)COc1c(Br)cc(/C=C2\SC(=O)NC2=O)cc1Br. The minimum Gasteiger partial charge on any atom is -0.480 e. The van der Waals surface area contributed by atoms with E-state index in [0.29, 0.717) is 20.3 Å². The van der Waals surface area contributed by atoms with Crippen molar-refractivity contribution < 1.29 is 24.2 Å². The normalized spacial score (nSPS) is 16.2. The van der Waals surface area contributed by atoms with E-state index in [1.54, 1.807) is 18.2 Å². The molecule has 1 heterocycles. The van der Waals surface area contributed by atoms with Gasteiger partial charge in [0.25, 0.3) is 11.1 Å². The summed E-state index contributed by atoms with van der Waals surface area (Å²) in [6, 6.07) is 3.32. The minimum atomic E-state index is -1.09. The van der Waals surface area contributed by atoms with Crippen molar-refractivity contribution in [3.8, 4) is 5.75 Å². The van der Waals surface area contributed by atoms with Gasteiger partial charge in [-0.1, -0.05) is 0 Å². The Bertz CT molecular complexity index is 651. The lowest BCUT2D eigenvalue weighted by Crippen LogP contribution is -2.17. The van der Waals surface area contributed by atoms with Crippen LogP contribution in [0.2, 0.25) is 0 Å². The number of hydrogen-bond acceptors (Lipinski definition) is 5. The van der Waals surface area contributed by atoms with Crippen LogP contribution in [0.15, 0.2) is 26.0 Å². The summed E-state index contributed by atoms with van der Waals surface area (Å²) in [5.41, 5.74) is 0.656. The van der Waals surface area contributed by atoms with Gasteiger partial charge < -0.3 is 9.84 Å². The summed E-state index contributed by atoms with van der Waals surface area (Å²) >= 11 is 7.37. The van der Waals surface area contributed by atoms with Crippen LogP contribution in [-0.2, 0) is 9.59 Å². The van der Waals surface area contributed by atoms with Gasteiger partial charge in [0.1, 0.15) is 5.75 Å². The Hall–Kier alpha value is -1.32. The fourth-order valence-corrected chi connectivity index (χ4v) is 3.64. The average molecular weight is 437 g/mol. The van der Waals surface area contributed by atoms with E-state index in [1.807, 2.05) is 0 Å². The zero-order valence-electron chi connectivity index (χ0n) is 10.2. The van der Waals surface area contributed by atoms with Crippen molar-refractivity contribution in [2.24, 2.45) is 0 Å². The summed E-state index contributed by atoms with van der Waals surface area (Å²) in [5.74, 6) is -1.18. The highest BCUT2D eigenvalue weighted by Crippen LogP contribution is 2.36. The highest BCUT2D eigenvalue weighted by atomic mass is 79.9. The van der Waals surface area contributed by atoms with E-state index < -0.39 is 23.7 Å². The second-order valence-electron chi connectivity index (χ2n) is 3.85. The van der Waals surface area contributed by atoms with Crippen molar-refractivity contribution in [2.75, 3.05) is 6.61 Å². The van der Waals surface area contributed by atoms with Crippen molar-refractivity contribution in [3.63, 3.8) is 0 Å². The number of carbonyl (C=O) groups excluding carboxylic acids is 2. The molecule has 0 saturated carbocycles. The van der Waals surface area contributed by atoms with Gasteiger partial charge in [-0.3, -0.25) is 14.9 Å². The first-order chi connectivity index (χ1) is 9.86. The number of nitrogens with one attached hydrogen (secondary N) is 1. The number of carboxylic acids is 1. The molecule has 0 bridgehead atoms. The Morgan fingerprint density at radius 2 is 1.95 bits per heavy atom. The maximum Gasteiger partial charge on any atom is 0.341 e. The van der Waals surface area contributed by atoms with Gasteiger partial charge in [0.05, 0.1) is 13.9 Å².